The van der Waals surface area contributed by atoms with Crippen molar-refractivity contribution in [3.63, 3.8) is 0 Å². The molecule has 2 rings (SSSR count). The molecule has 0 spiro atoms. The summed E-state index contributed by atoms with van der Waals surface area (Å²) in [6, 6.07) is 9.36. The lowest BCUT2D eigenvalue weighted by atomic mass is 10.1. The van der Waals surface area contributed by atoms with Crippen LogP contribution < -0.4 is 5.32 Å². The van der Waals surface area contributed by atoms with Crippen molar-refractivity contribution in [3.8, 4) is 0 Å². The van der Waals surface area contributed by atoms with Gasteiger partial charge in [-0.3, -0.25) is 4.79 Å². The molecule has 0 aliphatic heterocycles. The lowest BCUT2D eigenvalue weighted by molar-refractivity contribution is 0.102. The molecule has 2 aromatic carbocycles. The average molecular weight is 343 g/mol. The molecular weight excluding hydrogens is 333 g/mol. The molecule has 0 fully saturated rings. The predicted octanol–water partition coefficient (Wildman–Crippen LogP) is 4.80. The van der Waals surface area contributed by atoms with Crippen LogP contribution in [0.3, 0.4) is 0 Å². The van der Waals surface area contributed by atoms with Crippen molar-refractivity contribution in [2.24, 2.45) is 0 Å². The van der Waals surface area contributed by atoms with Crippen LogP contribution in [-0.2, 0) is 0 Å². The van der Waals surface area contributed by atoms with Gasteiger partial charge in [0.1, 0.15) is 5.82 Å². The summed E-state index contributed by atoms with van der Waals surface area (Å²) in [6.45, 7) is 1.80. The van der Waals surface area contributed by atoms with E-state index in [4.69, 9.17) is 11.6 Å². The molecular formula is C14H10BrClFNO. The number of benzene rings is 2. The quantitative estimate of drug-likeness (QED) is 0.834. The van der Waals surface area contributed by atoms with Crippen LogP contribution in [0.25, 0.3) is 0 Å². The second kappa shape index (κ2) is 5.72. The Morgan fingerprint density at radius 2 is 2.00 bits per heavy atom. The fourth-order valence-electron chi connectivity index (χ4n) is 1.59. The maximum absolute atomic E-state index is 13.6. The Bertz CT molecular complexity index is 645. The zero-order valence-electron chi connectivity index (χ0n) is 10.0. The second-order valence-corrected chi connectivity index (χ2v) is 5.35. The Balaban J connectivity index is 2.28. The van der Waals surface area contributed by atoms with Crippen molar-refractivity contribution >= 4 is 39.1 Å². The van der Waals surface area contributed by atoms with Crippen LogP contribution in [0.5, 0.6) is 0 Å². The van der Waals surface area contributed by atoms with Gasteiger partial charge in [-0.05, 0) is 53.2 Å². The first kappa shape index (κ1) is 14.0. The van der Waals surface area contributed by atoms with Gasteiger partial charge in [0, 0.05) is 9.50 Å². The lowest BCUT2D eigenvalue weighted by Gasteiger charge is -2.09. The molecule has 1 amide bonds. The molecule has 0 radical (unpaired) electrons. The van der Waals surface area contributed by atoms with E-state index in [-0.39, 0.29) is 5.56 Å². The summed E-state index contributed by atoms with van der Waals surface area (Å²) in [5.41, 5.74) is 1.37. The molecule has 5 heteroatoms. The van der Waals surface area contributed by atoms with Crippen molar-refractivity contribution in [2.75, 3.05) is 5.32 Å². The van der Waals surface area contributed by atoms with Crippen LogP contribution in [0.15, 0.2) is 40.9 Å². The van der Waals surface area contributed by atoms with E-state index in [1.54, 1.807) is 31.2 Å². The van der Waals surface area contributed by atoms with Crippen molar-refractivity contribution in [1.29, 1.82) is 0 Å². The number of hydrogen-bond acceptors (Lipinski definition) is 1. The molecule has 19 heavy (non-hydrogen) atoms. The molecule has 2 nitrogen and oxygen atoms in total. The van der Waals surface area contributed by atoms with Gasteiger partial charge in [-0.15, -0.1) is 0 Å². The number of amides is 1. The second-order valence-electron chi connectivity index (χ2n) is 4.06. The zero-order valence-corrected chi connectivity index (χ0v) is 12.3. The normalized spacial score (nSPS) is 10.3. The summed E-state index contributed by atoms with van der Waals surface area (Å²) in [4.78, 5) is 12.0. The minimum Gasteiger partial charge on any atom is -0.321 e. The van der Waals surface area contributed by atoms with E-state index in [1.807, 2.05) is 0 Å². The standard InChI is InChI=1S/C14H10BrClFNO/c1-8-2-4-12(17)10(6-8)14(19)18-13-5-3-9(16)7-11(13)15/h2-7H,1H3,(H,18,19). The lowest BCUT2D eigenvalue weighted by Crippen LogP contribution is -2.14. The number of carbonyl (C=O) groups excluding carboxylic acids is 1. The maximum atomic E-state index is 13.6. The highest BCUT2D eigenvalue weighted by Gasteiger charge is 2.13. The Kier molecular flexibility index (Phi) is 4.22. The molecule has 0 aliphatic carbocycles. The first-order valence-electron chi connectivity index (χ1n) is 5.50. The summed E-state index contributed by atoms with van der Waals surface area (Å²) in [7, 11) is 0. The van der Waals surface area contributed by atoms with Gasteiger partial charge in [0.25, 0.3) is 5.91 Å². The van der Waals surface area contributed by atoms with Crippen LogP contribution in [0.2, 0.25) is 5.02 Å². The zero-order chi connectivity index (χ0) is 14.0. The van der Waals surface area contributed by atoms with Crippen molar-refractivity contribution in [2.45, 2.75) is 6.92 Å². The molecule has 0 saturated heterocycles. The van der Waals surface area contributed by atoms with Crippen LogP contribution in [0, 0.1) is 12.7 Å². The summed E-state index contributed by atoms with van der Waals surface area (Å²) < 4.78 is 14.2. The van der Waals surface area contributed by atoms with E-state index < -0.39 is 11.7 Å². The molecule has 0 bridgehead atoms. The minimum atomic E-state index is -0.548. The van der Waals surface area contributed by atoms with E-state index in [9.17, 15) is 9.18 Å². The van der Waals surface area contributed by atoms with Crippen LogP contribution in [0.4, 0.5) is 10.1 Å². The van der Waals surface area contributed by atoms with Crippen LogP contribution in [0.1, 0.15) is 15.9 Å². The molecule has 98 valence electrons. The van der Waals surface area contributed by atoms with Crippen molar-refractivity contribution in [3.05, 3.63) is 62.8 Å². The van der Waals surface area contributed by atoms with Crippen molar-refractivity contribution < 1.29 is 9.18 Å². The largest absolute Gasteiger partial charge is 0.321 e. The molecule has 0 aromatic heterocycles. The van der Waals surface area contributed by atoms with Crippen LogP contribution >= 0.6 is 27.5 Å². The van der Waals surface area contributed by atoms with E-state index >= 15 is 0 Å². The SMILES string of the molecule is Cc1ccc(F)c(C(=O)Nc2ccc(Cl)cc2Br)c1. The van der Waals surface area contributed by atoms with Gasteiger partial charge in [0.05, 0.1) is 11.3 Å². The highest BCUT2D eigenvalue weighted by molar-refractivity contribution is 9.10. The average Bonchev–Trinajstić information content (AvgIpc) is 2.35. The number of nitrogens with one attached hydrogen (secondary N) is 1. The first-order chi connectivity index (χ1) is 8.97. The van der Waals surface area contributed by atoms with Gasteiger partial charge in [-0.1, -0.05) is 23.2 Å². The van der Waals surface area contributed by atoms with E-state index in [2.05, 4.69) is 21.2 Å². The summed E-state index contributed by atoms with van der Waals surface area (Å²) in [6.07, 6.45) is 0. The Hall–Kier alpha value is -1.39. The highest BCUT2D eigenvalue weighted by Crippen LogP contribution is 2.26. The molecule has 0 aliphatic rings. The molecule has 2 aromatic rings. The van der Waals surface area contributed by atoms with Gasteiger partial charge >= 0.3 is 0 Å². The third-order valence-corrected chi connectivity index (χ3v) is 3.44. The number of rotatable bonds is 2. The fraction of sp³-hybridized carbons (Fsp3) is 0.0714. The third kappa shape index (κ3) is 3.33. The van der Waals surface area contributed by atoms with E-state index in [1.165, 1.54) is 12.1 Å². The van der Waals surface area contributed by atoms with E-state index in [0.717, 1.165) is 5.56 Å². The molecule has 1 N–H and O–H groups in total. The highest BCUT2D eigenvalue weighted by atomic mass is 79.9. The third-order valence-electron chi connectivity index (χ3n) is 2.55. The number of anilines is 1. The molecule has 0 heterocycles. The maximum Gasteiger partial charge on any atom is 0.258 e. The molecule has 0 unspecified atom stereocenters. The number of hydrogen-bond donors (Lipinski definition) is 1. The monoisotopic (exact) mass is 341 g/mol. The van der Waals surface area contributed by atoms with Gasteiger partial charge in [-0.25, -0.2) is 4.39 Å². The smallest absolute Gasteiger partial charge is 0.258 e. The minimum absolute atomic E-state index is 0.0156. The number of aryl methyl sites for hydroxylation is 1. The Morgan fingerprint density at radius 3 is 2.68 bits per heavy atom. The molecule has 0 atom stereocenters. The number of halogens is 3. The fourth-order valence-corrected chi connectivity index (χ4v) is 2.38. The Morgan fingerprint density at radius 1 is 1.26 bits per heavy atom. The molecule has 0 saturated carbocycles. The predicted molar refractivity (Wildman–Crippen MR) is 78.2 cm³/mol. The van der Waals surface area contributed by atoms with Crippen LogP contribution in [-0.4, -0.2) is 5.91 Å². The number of carbonyl (C=O) groups is 1. The van der Waals surface area contributed by atoms with Gasteiger partial charge in [-0.2, -0.15) is 0 Å². The summed E-state index contributed by atoms with van der Waals surface area (Å²) in [5.74, 6) is -1.04. The van der Waals surface area contributed by atoms with Gasteiger partial charge in [0.15, 0.2) is 0 Å². The summed E-state index contributed by atoms with van der Waals surface area (Å²) >= 11 is 9.10. The van der Waals surface area contributed by atoms with Gasteiger partial charge in [0.2, 0.25) is 0 Å². The topological polar surface area (TPSA) is 29.1 Å². The first-order valence-corrected chi connectivity index (χ1v) is 6.67. The van der Waals surface area contributed by atoms with Gasteiger partial charge < -0.3 is 5.32 Å². The van der Waals surface area contributed by atoms with E-state index in [0.29, 0.717) is 15.2 Å². The van der Waals surface area contributed by atoms with Crippen molar-refractivity contribution in [1.82, 2.24) is 0 Å². The Labute approximate surface area is 123 Å². The summed E-state index contributed by atoms with van der Waals surface area (Å²) in [5, 5.41) is 3.19.